The molecule has 28 heavy (non-hydrogen) atoms. The van der Waals surface area contributed by atoms with Crippen LogP contribution < -0.4 is 9.46 Å². The molecule has 152 valence electrons. The summed E-state index contributed by atoms with van der Waals surface area (Å²) in [7, 11) is -4.38. The highest BCUT2D eigenvalue weighted by atomic mass is 32.2. The zero-order valence-corrected chi connectivity index (χ0v) is 17.1. The van der Waals surface area contributed by atoms with Gasteiger partial charge in [0.05, 0.1) is 18.4 Å². The molecule has 6 nitrogen and oxygen atoms in total. The molecule has 0 unspecified atom stereocenters. The first-order chi connectivity index (χ1) is 13.1. The minimum Gasteiger partial charge on any atom is -0.492 e. The largest absolute Gasteiger partial charge is 0.492 e. The molecule has 4 rings (SSSR count). The molecule has 1 aromatic carbocycles. The molecule has 0 spiro atoms. The van der Waals surface area contributed by atoms with Crippen LogP contribution in [0.25, 0.3) is 5.57 Å². The Labute approximate surface area is 166 Å². The SMILES string of the molecule is C=C1C[C@@H](O)[C@@]2(C)CCC3=C(CCc4cc(NS(=O)(=O)O)c(OCC)cc43)[C@H]12. The Bertz CT molecular complexity index is 981. The number of aryl methyl sites for hydroxylation is 1. The number of hydrogen-bond donors (Lipinski definition) is 3. The number of allylic oxidation sites excluding steroid dienone is 2. The predicted octanol–water partition coefficient (Wildman–Crippen LogP) is 3.74. The van der Waals surface area contributed by atoms with Crippen molar-refractivity contribution in [3.05, 3.63) is 41.0 Å². The van der Waals surface area contributed by atoms with E-state index in [0.717, 1.165) is 42.4 Å². The number of nitrogens with one attached hydrogen (secondary N) is 1. The third-order valence-corrected chi connectivity index (χ3v) is 7.15. The van der Waals surface area contributed by atoms with Crippen molar-refractivity contribution >= 4 is 21.6 Å². The van der Waals surface area contributed by atoms with Crippen molar-refractivity contribution in [2.45, 2.75) is 52.1 Å². The van der Waals surface area contributed by atoms with E-state index in [-0.39, 0.29) is 23.1 Å². The lowest BCUT2D eigenvalue weighted by molar-refractivity contribution is 0.0384. The van der Waals surface area contributed by atoms with Crippen LogP contribution in [0.4, 0.5) is 5.69 Å². The Morgan fingerprint density at radius 2 is 2.07 bits per heavy atom. The topological polar surface area (TPSA) is 95.9 Å². The maximum absolute atomic E-state index is 11.3. The minimum absolute atomic E-state index is 0.150. The van der Waals surface area contributed by atoms with Gasteiger partial charge in [0.25, 0.3) is 0 Å². The van der Waals surface area contributed by atoms with Crippen molar-refractivity contribution in [2.75, 3.05) is 11.3 Å². The summed E-state index contributed by atoms with van der Waals surface area (Å²) in [5.74, 6) is 0.608. The predicted molar refractivity (Wildman–Crippen MR) is 109 cm³/mol. The summed E-state index contributed by atoms with van der Waals surface area (Å²) in [6, 6.07) is 3.65. The smallest absolute Gasteiger partial charge is 0.357 e. The first kappa shape index (κ1) is 19.5. The van der Waals surface area contributed by atoms with Crippen LogP contribution >= 0.6 is 0 Å². The van der Waals surface area contributed by atoms with Gasteiger partial charge in [0.2, 0.25) is 0 Å². The maximum Gasteiger partial charge on any atom is 0.357 e. The van der Waals surface area contributed by atoms with Gasteiger partial charge in [-0.2, -0.15) is 8.42 Å². The van der Waals surface area contributed by atoms with Gasteiger partial charge in [-0.05, 0) is 67.9 Å². The van der Waals surface area contributed by atoms with Crippen LogP contribution in [0.1, 0.15) is 50.7 Å². The van der Waals surface area contributed by atoms with E-state index < -0.39 is 10.3 Å². The average molecular weight is 406 g/mol. The lowest BCUT2D eigenvalue weighted by atomic mass is 9.62. The van der Waals surface area contributed by atoms with Gasteiger partial charge in [0.15, 0.2) is 0 Å². The molecule has 1 fully saturated rings. The molecular formula is C21H27NO5S. The van der Waals surface area contributed by atoms with Crippen LogP contribution in [0.3, 0.4) is 0 Å². The summed E-state index contributed by atoms with van der Waals surface area (Å²) < 4.78 is 39.7. The van der Waals surface area contributed by atoms with Gasteiger partial charge in [0, 0.05) is 11.3 Å². The Kier molecular flexibility index (Phi) is 4.60. The van der Waals surface area contributed by atoms with Crippen LogP contribution in [0.2, 0.25) is 0 Å². The van der Waals surface area contributed by atoms with E-state index in [2.05, 4.69) is 18.2 Å². The van der Waals surface area contributed by atoms with Gasteiger partial charge in [-0.1, -0.05) is 24.6 Å². The normalized spacial score (nSPS) is 29.2. The molecular weight excluding hydrogens is 378 g/mol. The number of anilines is 1. The third-order valence-electron chi connectivity index (χ3n) is 6.67. The lowest BCUT2D eigenvalue weighted by Crippen LogP contribution is -2.37. The van der Waals surface area contributed by atoms with Gasteiger partial charge >= 0.3 is 10.3 Å². The summed E-state index contributed by atoms with van der Waals surface area (Å²) in [6.07, 6.45) is 3.72. The van der Waals surface area contributed by atoms with E-state index in [1.165, 1.54) is 11.1 Å². The van der Waals surface area contributed by atoms with Crippen molar-refractivity contribution < 1.29 is 22.8 Å². The van der Waals surface area contributed by atoms with Crippen molar-refractivity contribution in [1.29, 1.82) is 0 Å². The monoisotopic (exact) mass is 405 g/mol. The Hall–Kier alpha value is -1.83. The van der Waals surface area contributed by atoms with Gasteiger partial charge in [-0.3, -0.25) is 9.27 Å². The average Bonchev–Trinajstić information content (AvgIpc) is 2.83. The molecule has 3 aliphatic rings. The van der Waals surface area contributed by atoms with Crippen molar-refractivity contribution in [3.63, 3.8) is 0 Å². The number of ether oxygens (including phenoxy) is 1. The van der Waals surface area contributed by atoms with E-state index in [4.69, 9.17) is 4.74 Å². The number of hydrogen-bond acceptors (Lipinski definition) is 4. The number of benzene rings is 1. The Morgan fingerprint density at radius 1 is 1.32 bits per heavy atom. The van der Waals surface area contributed by atoms with Gasteiger partial charge in [-0.25, -0.2) is 0 Å². The highest BCUT2D eigenvalue weighted by Crippen LogP contribution is 2.59. The third kappa shape index (κ3) is 3.06. The fraction of sp³-hybridized carbons (Fsp3) is 0.524. The standard InChI is InChI=1S/C21H27NO5S/c1-4-27-18-11-16-13(10-17(18)22-28(24,25)26)5-6-15-14(16)7-8-21(3)19(23)9-12(2)20(15)21/h10-11,19-20,22-23H,2,4-9H2,1,3H3,(H,24,25,26)/t19-,20+,21-/m1/s1. The van der Waals surface area contributed by atoms with Crippen molar-refractivity contribution in [1.82, 2.24) is 0 Å². The Morgan fingerprint density at radius 3 is 2.75 bits per heavy atom. The molecule has 3 atom stereocenters. The summed E-state index contributed by atoms with van der Waals surface area (Å²) >= 11 is 0. The second-order valence-electron chi connectivity index (χ2n) is 8.34. The first-order valence-electron chi connectivity index (χ1n) is 9.77. The summed E-state index contributed by atoms with van der Waals surface area (Å²) in [5, 5.41) is 10.6. The number of aliphatic hydroxyl groups excluding tert-OH is 1. The molecule has 0 saturated heterocycles. The van der Waals surface area contributed by atoms with E-state index in [1.807, 2.05) is 13.0 Å². The summed E-state index contributed by atoms with van der Waals surface area (Å²) in [4.78, 5) is 0. The summed E-state index contributed by atoms with van der Waals surface area (Å²) in [6.45, 7) is 8.64. The van der Waals surface area contributed by atoms with Gasteiger partial charge in [0.1, 0.15) is 5.75 Å². The van der Waals surface area contributed by atoms with E-state index in [9.17, 15) is 18.1 Å². The van der Waals surface area contributed by atoms with Crippen LogP contribution in [0.15, 0.2) is 29.9 Å². The van der Waals surface area contributed by atoms with E-state index >= 15 is 0 Å². The molecule has 3 N–H and O–H groups in total. The van der Waals surface area contributed by atoms with E-state index in [0.29, 0.717) is 18.8 Å². The Balaban J connectivity index is 1.82. The summed E-state index contributed by atoms with van der Waals surface area (Å²) in [5.41, 5.74) is 5.98. The quantitative estimate of drug-likeness (QED) is 0.524. The maximum atomic E-state index is 11.3. The van der Waals surface area contributed by atoms with Crippen LogP contribution in [0.5, 0.6) is 5.75 Å². The molecule has 0 aromatic heterocycles. The first-order valence-corrected chi connectivity index (χ1v) is 11.2. The molecule has 0 radical (unpaired) electrons. The zero-order chi connectivity index (χ0) is 20.3. The highest BCUT2D eigenvalue weighted by molar-refractivity contribution is 7.87. The molecule has 0 bridgehead atoms. The van der Waals surface area contributed by atoms with Crippen LogP contribution in [-0.2, 0) is 16.7 Å². The number of aliphatic hydroxyl groups is 1. The van der Waals surface area contributed by atoms with Crippen molar-refractivity contribution in [3.8, 4) is 5.75 Å². The second kappa shape index (κ2) is 6.61. The molecule has 7 heteroatoms. The number of rotatable bonds is 4. The molecule has 3 aliphatic carbocycles. The van der Waals surface area contributed by atoms with Gasteiger partial charge in [-0.15, -0.1) is 0 Å². The molecule has 0 heterocycles. The van der Waals surface area contributed by atoms with Gasteiger partial charge < -0.3 is 9.84 Å². The second-order valence-corrected chi connectivity index (χ2v) is 9.49. The zero-order valence-electron chi connectivity index (χ0n) is 16.3. The van der Waals surface area contributed by atoms with E-state index in [1.54, 1.807) is 6.07 Å². The van der Waals surface area contributed by atoms with Crippen molar-refractivity contribution in [2.24, 2.45) is 11.3 Å². The van der Waals surface area contributed by atoms with Crippen LogP contribution in [0, 0.1) is 11.3 Å². The molecule has 0 amide bonds. The fourth-order valence-electron chi connectivity index (χ4n) is 5.42. The van der Waals surface area contributed by atoms with Crippen LogP contribution in [-0.4, -0.2) is 30.8 Å². The fourth-order valence-corrected chi connectivity index (χ4v) is 5.86. The highest BCUT2D eigenvalue weighted by Gasteiger charge is 2.52. The molecule has 1 saturated carbocycles. The number of fused-ring (bicyclic) bond motifs is 4. The lowest BCUT2D eigenvalue weighted by Gasteiger charge is -2.43. The molecule has 0 aliphatic heterocycles. The molecule has 1 aromatic rings. The minimum atomic E-state index is -4.38.